The van der Waals surface area contributed by atoms with Gasteiger partial charge in [-0.15, -0.1) is 0 Å². The monoisotopic (exact) mass is 233 g/mol. The van der Waals surface area contributed by atoms with Crippen molar-refractivity contribution in [2.75, 3.05) is 5.75 Å². The molecule has 0 aromatic rings. The summed E-state index contributed by atoms with van der Waals surface area (Å²) in [6, 6.07) is 0. The van der Waals surface area contributed by atoms with Gasteiger partial charge >= 0.3 is 10.1 Å². The molecule has 2 bridgehead atoms. The average Bonchev–Trinajstić information content (AvgIpc) is 2.34. The molecule has 0 radical (unpaired) electrons. The molecule has 0 aromatic carbocycles. The molecule has 0 aliphatic heterocycles. The first-order chi connectivity index (χ1) is 6.69. The number of hydrogen-bond donors (Lipinski definition) is 1. The third-order valence-corrected chi connectivity index (χ3v) is 5.44. The summed E-state index contributed by atoms with van der Waals surface area (Å²) < 4.78 is 29.3. The van der Waals surface area contributed by atoms with Crippen molar-refractivity contribution >= 4 is 15.9 Å². The van der Waals surface area contributed by atoms with Gasteiger partial charge in [-0.05, 0) is 24.2 Å². The lowest BCUT2D eigenvalue weighted by atomic mass is 9.70. The molecule has 2 aliphatic carbocycles. The normalized spacial score (nSPS) is 41.8. The molecule has 4 nitrogen and oxygen atoms in total. The summed E-state index contributed by atoms with van der Waals surface area (Å²) in [5.41, 5.74) is -1.02. The summed E-state index contributed by atoms with van der Waals surface area (Å²) >= 11 is 0. The van der Waals surface area contributed by atoms with Crippen LogP contribution in [0, 0.1) is 16.7 Å². The van der Waals surface area contributed by atoms with Gasteiger partial charge in [-0.25, -0.2) is 8.76 Å². The topological polar surface area (TPSA) is 75.8 Å². The molecule has 0 amide bonds. The third kappa shape index (κ3) is 1.36. The molecule has 0 heterocycles. The van der Waals surface area contributed by atoms with E-state index in [0.29, 0.717) is 18.8 Å². The van der Waals surface area contributed by atoms with Gasteiger partial charge in [-0.3, -0.25) is 4.79 Å². The van der Waals surface area contributed by atoms with Gasteiger partial charge in [0.2, 0.25) is 0 Å². The Balaban J connectivity index is 2.45. The first-order valence-electron chi connectivity index (χ1n) is 5.19. The summed E-state index contributed by atoms with van der Waals surface area (Å²) in [4.78, 5) is 11.9. The van der Waals surface area contributed by atoms with E-state index in [0.717, 1.165) is 6.42 Å². The SMILES string of the molecule is CC1(C)C2CCC1(CS(=O)(O)=[OH+])C(=O)C2. The van der Waals surface area contributed by atoms with Gasteiger partial charge in [-0.1, -0.05) is 13.8 Å². The van der Waals surface area contributed by atoms with Crippen LogP contribution in [0.15, 0.2) is 0 Å². The second kappa shape index (κ2) is 2.83. The van der Waals surface area contributed by atoms with Crippen LogP contribution in [0.3, 0.4) is 0 Å². The second-order valence-corrected chi connectivity index (χ2v) is 6.92. The number of carbonyl (C=O) groups is 1. The van der Waals surface area contributed by atoms with Crippen LogP contribution in [-0.4, -0.2) is 24.5 Å². The first-order valence-corrected chi connectivity index (χ1v) is 6.83. The van der Waals surface area contributed by atoms with E-state index in [9.17, 15) is 9.00 Å². The second-order valence-electron chi connectivity index (χ2n) is 5.42. The lowest BCUT2D eigenvalue weighted by Gasteiger charge is -2.34. The number of carbonyl (C=O) groups excluding carboxylic acids is 1. The van der Waals surface area contributed by atoms with E-state index in [-0.39, 0.29) is 17.0 Å². The average molecular weight is 233 g/mol. The van der Waals surface area contributed by atoms with E-state index < -0.39 is 15.5 Å². The maximum Gasteiger partial charge on any atom is 0.403 e. The minimum Gasteiger partial charge on any atom is -0.299 e. The smallest absolute Gasteiger partial charge is 0.299 e. The lowest BCUT2D eigenvalue weighted by Crippen LogP contribution is -2.41. The van der Waals surface area contributed by atoms with Crippen molar-refractivity contribution in [1.82, 2.24) is 0 Å². The molecule has 2 fully saturated rings. The zero-order valence-corrected chi connectivity index (χ0v) is 9.84. The van der Waals surface area contributed by atoms with Gasteiger partial charge < -0.3 is 0 Å². The van der Waals surface area contributed by atoms with Gasteiger partial charge in [0.15, 0.2) is 0 Å². The van der Waals surface area contributed by atoms with Crippen LogP contribution in [0.25, 0.3) is 0 Å². The largest absolute Gasteiger partial charge is 0.403 e. The number of hydrogen-bond acceptors (Lipinski definition) is 2. The fourth-order valence-corrected chi connectivity index (χ4v) is 4.75. The molecular formula is C10H17O4S+. The van der Waals surface area contributed by atoms with Crippen molar-refractivity contribution in [2.45, 2.75) is 33.1 Å². The molecule has 3 atom stereocenters. The maximum absolute atomic E-state index is 11.9. The fourth-order valence-electron chi connectivity index (χ4n) is 3.43. The van der Waals surface area contributed by atoms with Crippen molar-refractivity contribution in [2.24, 2.45) is 16.7 Å². The number of rotatable bonds is 2. The van der Waals surface area contributed by atoms with Gasteiger partial charge in [0.05, 0.1) is 5.41 Å². The molecule has 2 aliphatic rings. The molecule has 15 heavy (non-hydrogen) atoms. The van der Waals surface area contributed by atoms with Crippen molar-refractivity contribution in [3.63, 3.8) is 0 Å². The molecule has 3 unspecified atom stereocenters. The van der Waals surface area contributed by atoms with Gasteiger partial charge in [0.25, 0.3) is 0 Å². The van der Waals surface area contributed by atoms with Crippen LogP contribution < -0.4 is 0 Å². The Kier molecular flexibility index (Phi) is 2.09. The third-order valence-electron chi connectivity index (χ3n) is 4.57. The Bertz CT molecular complexity index is 409. The highest BCUT2D eigenvalue weighted by atomic mass is 32.2. The van der Waals surface area contributed by atoms with E-state index in [1.807, 2.05) is 13.8 Å². The highest BCUT2D eigenvalue weighted by Gasteiger charge is 2.66. The van der Waals surface area contributed by atoms with E-state index in [2.05, 4.69) is 0 Å². The Morgan fingerprint density at radius 3 is 2.53 bits per heavy atom. The van der Waals surface area contributed by atoms with Crippen LogP contribution in [-0.2, 0) is 14.9 Å². The van der Waals surface area contributed by atoms with Crippen LogP contribution in [0.1, 0.15) is 33.1 Å². The Morgan fingerprint density at radius 2 is 2.20 bits per heavy atom. The zero-order chi connectivity index (χ0) is 11.5. The van der Waals surface area contributed by atoms with Gasteiger partial charge in [0, 0.05) is 6.42 Å². The molecule has 0 spiro atoms. The van der Waals surface area contributed by atoms with E-state index in [1.54, 1.807) is 0 Å². The number of Topliss-reactive ketones (excluding diaryl/α,β-unsaturated/α-hetero) is 1. The molecule has 86 valence electrons. The summed E-state index contributed by atoms with van der Waals surface area (Å²) in [6.45, 7) is 3.95. The number of fused-ring (bicyclic) bond motifs is 2. The standard InChI is InChI=1S/C10H16O4S/c1-9(2)7-3-4-10(9,8(11)5-7)6-15(12,13)14/h7H,3-6H2,1-2H3,(H,12,13,14)/p+1. The first kappa shape index (κ1) is 11.1. The van der Waals surface area contributed by atoms with Gasteiger partial charge in [0.1, 0.15) is 11.5 Å². The Hall–Kier alpha value is -0.420. The molecule has 0 aromatic heterocycles. The van der Waals surface area contributed by atoms with Gasteiger partial charge in [-0.2, -0.15) is 4.21 Å². The number of ketones is 1. The summed E-state index contributed by atoms with van der Waals surface area (Å²) in [5.74, 6) is 0.0776. The fraction of sp³-hybridized carbons (Fsp3) is 0.900. The maximum atomic E-state index is 11.9. The highest BCUT2D eigenvalue weighted by Crippen LogP contribution is 2.64. The van der Waals surface area contributed by atoms with Crippen molar-refractivity contribution in [1.29, 1.82) is 0 Å². The molecular weight excluding hydrogens is 216 g/mol. The van der Waals surface area contributed by atoms with E-state index in [4.69, 9.17) is 8.76 Å². The zero-order valence-electron chi connectivity index (χ0n) is 9.02. The minimum atomic E-state index is -3.83. The lowest BCUT2D eigenvalue weighted by molar-refractivity contribution is -0.128. The van der Waals surface area contributed by atoms with Crippen LogP contribution >= 0.6 is 0 Å². The van der Waals surface area contributed by atoms with Crippen LogP contribution in [0.5, 0.6) is 0 Å². The van der Waals surface area contributed by atoms with Crippen molar-refractivity contribution in [3.8, 4) is 0 Å². The summed E-state index contributed by atoms with van der Waals surface area (Å²) in [5, 5.41) is 0. The Morgan fingerprint density at radius 1 is 1.60 bits per heavy atom. The van der Waals surface area contributed by atoms with E-state index in [1.165, 1.54) is 0 Å². The summed E-state index contributed by atoms with van der Waals surface area (Å²) in [6.07, 6.45) is 2.07. The molecule has 2 saturated carbocycles. The summed E-state index contributed by atoms with van der Waals surface area (Å²) in [7, 11) is -3.83. The minimum absolute atomic E-state index is 0.0552. The quantitative estimate of drug-likeness (QED) is 0.579. The molecule has 2 rings (SSSR count). The molecule has 5 heteroatoms. The highest BCUT2D eigenvalue weighted by molar-refractivity contribution is 7.85. The predicted molar refractivity (Wildman–Crippen MR) is 56.1 cm³/mol. The van der Waals surface area contributed by atoms with Crippen molar-refractivity contribution < 1.29 is 17.8 Å². The Labute approximate surface area is 89.8 Å². The van der Waals surface area contributed by atoms with Crippen LogP contribution in [0.2, 0.25) is 0 Å². The molecule has 0 saturated heterocycles. The van der Waals surface area contributed by atoms with Crippen LogP contribution in [0.4, 0.5) is 0 Å². The van der Waals surface area contributed by atoms with Crippen molar-refractivity contribution in [3.05, 3.63) is 0 Å². The predicted octanol–water partition coefficient (Wildman–Crippen LogP) is 1.43. The molecule has 2 N–H and O–H groups in total. The van der Waals surface area contributed by atoms with E-state index >= 15 is 0 Å².